The molecule has 0 aliphatic rings. The van der Waals surface area contributed by atoms with Crippen LogP contribution in [0.25, 0.3) is 89.7 Å². The van der Waals surface area contributed by atoms with E-state index in [-0.39, 0.29) is 0 Å². The molecule has 256 valence electrons. The molecule has 0 saturated heterocycles. The lowest BCUT2D eigenvalue weighted by Gasteiger charge is -2.10. The van der Waals surface area contributed by atoms with E-state index in [0.29, 0.717) is 17.5 Å². The van der Waals surface area contributed by atoms with Crippen LogP contribution in [0, 0.1) is 13.8 Å². The van der Waals surface area contributed by atoms with Gasteiger partial charge in [0, 0.05) is 33.3 Å². The van der Waals surface area contributed by atoms with Crippen molar-refractivity contribution in [1.29, 1.82) is 0 Å². The summed E-state index contributed by atoms with van der Waals surface area (Å²) in [6.07, 6.45) is 0. The highest BCUT2D eigenvalue weighted by atomic mass is 15.1. The van der Waals surface area contributed by atoms with Gasteiger partial charge in [-0.25, -0.2) is 15.0 Å². The average molecular weight is 694 g/mol. The summed E-state index contributed by atoms with van der Waals surface area (Å²) in [6.45, 7) is 4.17. The average Bonchev–Trinajstić information content (AvgIpc) is 3.74. The zero-order valence-electron chi connectivity index (χ0n) is 30.0. The van der Waals surface area contributed by atoms with Gasteiger partial charge in [0.05, 0.1) is 16.6 Å². The Bertz CT molecular complexity index is 2890. The number of nitrogens with zero attached hydrogens (tertiary/aromatic N) is 5. The van der Waals surface area contributed by atoms with Gasteiger partial charge in [0.15, 0.2) is 17.5 Å². The van der Waals surface area contributed by atoms with E-state index in [0.717, 1.165) is 39.2 Å². The Morgan fingerprint density at radius 1 is 0.352 bits per heavy atom. The van der Waals surface area contributed by atoms with E-state index in [4.69, 9.17) is 15.0 Å². The van der Waals surface area contributed by atoms with Crippen LogP contribution < -0.4 is 0 Å². The number of aryl methyl sites for hydroxylation is 2. The zero-order chi connectivity index (χ0) is 36.2. The summed E-state index contributed by atoms with van der Waals surface area (Å²) in [5, 5.41) is 1.23. The minimum atomic E-state index is 0.649. The third-order valence-electron chi connectivity index (χ3n) is 10.3. The van der Waals surface area contributed by atoms with E-state index in [2.05, 4.69) is 199 Å². The molecule has 0 unspecified atom stereocenters. The van der Waals surface area contributed by atoms with E-state index >= 15 is 0 Å². The van der Waals surface area contributed by atoms with Crippen molar-refractivity contribution >= 4 is 27.6 Å². The molecule has 10 aromatic rings. The molecule has 7 aromatic carbocycles. The highest BCUT2D eigenvalue weighted by Gasteiger charge is 2.22. The highest BCUT2D eigenvalue weighted by Crippen LogP contribution is 2.41. The lowest BCUT2D eigenvalue weighted by Crippen LogP contribution is -2.00. The van der Waals surface area contributed by atoms with Crippen molar-refractivity contribution in [1.82, 2.24) is 23.9 Å². The van der Waals surface area contributed by atoms with Gasteiger partial charge in [-0.1, -0.05) is 157 Å². The topological polar surface area (TPSA) is 48.0 Å². The molecular weight excluding hydrogens is 659 g/mol. The second-order valence-corrected chi connectivity index (χ2v) is 13.9. The molecule has 3 aromatic heterocycles. The number of fused-ring (bicyclic) bond motifs is 5. The first-order chi connectivity index (χ1) is 26.6. The predicted molar refractivity (Wildman–Crippen MR) is 222 cm³/mol. The fourth-order valence-electron chi connectivity index (χ4n) is 7.57. The third kappa shape index (κ3) is 5.37. The Kier molecular flexibility index (Phi) is 7.51. The van der Waals surface area contributed by atoms with Gasteiger partial charge in [-0.15, -0.1) is 0 Å². The summed E-state index contributed by atoms with van der Waals surface area (Å²) < 4.78 is 4.81. The van der Waals surface area contributed by atoms with Crippen LogP contribution in [-0.4, -0.2) is 23.9 Å². The number of imidazole rings is 1. The first-order valence-electron chi connectivity index (χ1n) is 18.3. The largest absolute Gasteiger partial charge is 0.293 e. The van der Waals surface area contributed by atoms with Gasteiger partial charge < -0.3 is 0 Å². The van der Waals surface area contributed by atoms with E-state index in [1.807, 2.05) is 0 Å². The highest BCUT2D eigenvalue weighted by molar-refractivity contribution is 6.09. The Morgan fingerprint density at radius 2 is 0.759 bits per heavy atom. The van der Waals surface area contributed by atoms with Gasteiger partial charge in [-0.05, 0) is 60.9 Å². The van der Waals surface area contributed by atoms with Crippen molar-refractivity contribution < 1.29 is 0 Å². The SMILES string of the molecule is Cc1ccc(-c2nc(-c3ccc(C)cc3)nc(-c3ccc(-c4ccc(-c5c6ccccc6n6c7ccccc7n(-c7ccccc7)c56)cc4)cc3)n2)cc1. The monoisotopic (exact) mass is 693 g/mol. The Balaban J connectivity index is 1.05. The van der Waals surface area contributed by atoms with Crippen molar-refractivity contribution in [3.05, 3.63) is 187 Å². The lowest BCUT2D eigenvalue weighted by atomic mass is 9.98. The number of rotatable bonds is 6. The van der Waals surface area contributed by atoms with Crippen molar-refractivity contribution in [2.24, 2.45) is 0 Å². The molecule has 0 N–H and O–H groups in total. The van der Waals surface area contributed by atoms with E-state index < -0.39 is 0 Å². The Labute approximate surface area is 313 Å². The summed E-state index contributed by atoms with van der Waals surface area (Å²) in [4.78, 5) is 14.8. The molecule has 10 rings (SSSR count). The summed E-state index contributed by atoms with van der Waals surface area (Å²) in [6, 6.07) is 62.2. The number of hydrogen-bond acceptors (Lipinski definition) is 3. The van der Waals surface area contributed by atoms with Crippen LogP contribution in [0.1, 0.15) is 11.1 Å². The first kappa shape index (κ1) is 31.6. The smallest absolute Gasteiger partial charge is 0.164 e. The van der Waals surface area contributed by atoms with Gasteiger partial charge in [0.2, 0.25) is 0 Å². The molecule has 0 amide bonds. The van der Waals surface area contributed by atoms with Crippen LogP contribution in [0.15, 0.2) is 176 Å². The third-order valence-corrected chi connectivity index (χ3v) is 10.3. The van der Waals surface area contributed by atoms with Crippen LogP contribution in [0.3, 0.4) is 0 Å². The Morgan fingerprint density at radius 3 is 1.30 bits per heavy atom. The van der Waals surface area contributed by atoms with Crippen LogP contribution >= 0.6 is 0 Å². The van der Waals surface area contributed by atoms with Crippen molar-refractivity contribution in [2.75, 3.05) is 0 Å². The summed E-state index contributed by atoms with van der Waals surface area (Å²) >= 11 is 0. The molecule has 54 heavy (non-hydrogen) atoms. The van der Waals surface area contributed by atoms with Crippen molar-refractivity contribution in [3.63, 3.8) is 0 Å². The summed E-state index contributed by atoms with van der Waals surface area (Å²) in [5.74, 6) is 1.97. The van der Waals surface area contributed by atoms with Gasteiger partial charge in [-0.3, -0.25) is 8.97 Å². The van der Waals surface area contributed by atoms with E-state index in [1.165, 1.54) is 44.2 Å². The number of hydrogen-bond donors (Lipinski definition) is 0. The molecule has 0 saturated carbocycles. The maximum atomic E-state index is 4.96. The normalized spacial score (nSPS) is 11.5. The van der Waals surface area contributed by atoms with Crippen LogP contribution in [0.4, 0.5) is 0 Å². The summed E-state index contributed by atoms with van der Waals surface area (Å²) in [5.41, 5.74) is 15.8. The fourth-order valence-corrected chi connectivity index (χ4v) is 7.57. The molecular formula is C49H35N5. The summed E-state index contributed by atoms with van der Waals surface area (Å²) in [7, 11) is 0. The second kappa shape index (κ2) is 12.8. The quantitative estimate of drug-likeness (QED) is 0.174. The molecule has 0 atom stereocenters. The van der Waals surface area contributed by atoms with Crippen LogP contribution in [0.2, 0.25) is 0 Å². The van der Waals surface area contributed by atoms with Gasteiger partial charge >= 0.3 is 0 Å². The minimum Gasteiger partial charge on any atom is -0.293 e. The molecule has 3 heterocycles. The molecule has 5 nitrogen and oxygen atoms in total. The molecule has 0 fully saturated rings. The van der Waals surface area contributed by atoms with Gasteiger partial charge in [-0.2, -0.15) is 0 Å². The molecule has 5 heteroatoms. The fraction of sp³-hybridized carbons (Fsp3) is 0.0408. The molecule has 0 aliphatic heterocycles. The lowest BCUT2D eigenvalue weighted by molar-refractivity contribution is 1.07. The molecule has 0 aliphatic carbocycles. The number of benzene rings is 7. The molecule has 0 spiro atoms. The van der Waals surface area contributed by atoms with E-state index in [1.54, 1.807) is 0 Å². The number of aromatic nitrogens is 5. The van der Waals surface area contributed by atoms with Gasteiger partial charge in [0.25, 0.3) is 0 Å². The minimum absolute atomic E-state index is 0.649. The van der Waals surface area contributed by atoms with Crippen molar-refractivity contribution in [3.8, 4) is 62.1 Å². The molecule has 0 bridgehead atoms. The maximum absolute atomic E-state index is 4.96. The predicted octanol–water partition coefficient (Wildman–Crippen LogP) is 12.2. The Hall–Kier alpha value is -7.11. The van der Waals surface area contributed by atoms with Crippen molar-refractivity contribution in [2.45, 2.75) is 13.8 Å². The maximum Gasteiger partial charge on any atom is 0.164 e. The standard InChI is InChI=1S/C49H35N5/c1-32-16-20-37(21-17-32)46-50-47(38-22-18-33(2)19-23-38)52-48(51-46)39-30-26-35(27-31-39)34-24-28-36(29-25-34)45-41-12-6-7-13-42(41)54-44-15-9-8-14-43(44)53(49(45)54)40-10-4-3-5-11-40/h3-31H,1-2H3. The van der Waals surface area contributed by atoms with Gasteiger partial charge in [0.1, 0.15) is 5.65 Å². The van der Waals surface area contributed by atoms with Crippen LogP contribution in [0.5, 0.6) is 0 Å². The molecule has 0 radical (unpaired) electrons. The second-order valence-electron chi connectivity index (χ2n) is 13.9. The first-order valence-corrected chi connectivity index (χ1v) is 18.3. The van der Waals surface area contributed by atoms with Crippen LogP contribution in [-0.2, 0) is 0 Å². The number of para-hydroxylation sites is 4. The zero-order valence-corrected chi connectivity index (χ0v) is 30.0. The van der Waals surface area contributed by atoms with E-state index in [9.17, 15) is 0 Å².